The SMILES string of the molecule is CC(=O)Nc1ccc(C2=C(Cl)C(=O)N(c3ccc(C(F)(F)F)cc3)C2=O)cc1. The number of hydrogen-bond donors (Lipinski definition) is 1. The number of alkyl halides is 3. The predicted octanol–water partition coefficient (Wildman–Crippen LogP) is 4.19. The zero-order valence-electron chi connectivity index (χ0n) is 14.3. The molecule has 1 aliphatic rings. The van der Waals surface area contributed by atoms with Crippen molar-refractivity contribution in [3.63, 3.8) is 0 Å². The third kappa shape index (κ3) is 3.63. The number of imide groups is 1. The highest BCUT2D eigenvalue weighted by Gasteiger charge is 2.39. The Bertz CT molecular complexity index is 997. The monoisotopic (exact) mass is 408 g/mol. The lowest BCUT2D eigenvalue weighted by Gasteiger charge is -2.16. The lowest BCUT2D eigenvalue weighted by atomic mass is 10.1. The summed E-state index contributed by atoms with van der Waals surface area (Å²) in [4.78, 5) is 37.0. The van der Waals surface area contributed by atoms with Crippen LogP contribution in [-0.2, 0) is 20.6 Å². The summed E-state index contributed by atoms with van der Waals surface area (Å²) in [5, 5.41) is 2.23. The number of carbonyl (C=O) groups is 3. The molecule has 3 amide bonds. The molecule has 5 nitrogen and oxygen atoms in total. The molecule has 2 aromatic rings. The molecule has 0 radical (unpaired) electrons. The van der Waals surface area contributed by atoms with Crippen LogP contribution < -0.4 is 10.2 Å². The molecule has 3 rings (SSSR count). The minimum Gasteiger partial charge on any atom is -0.326 e. The quantitative estimate of drug-likeness (QED) is 0.774. The first-order valence-corrected chi connectivity index (χ1v) is 8.31. The van der Waals surface area contributed by atoms with E-state index in [0.29, 0.717) is 11.3 Å². The number of halogens is 4. The van der Waals surface area contributed by atoms with Crippen LogP contribution in [0.3, 0.4) is 0 Å². The second kappa shape index (κ2) is 7.12. The van der Waals surface area contributed by atoms with Crippen molar-refractivity contribution >= 4 is 46.3 Å². The fourth-order valence-corrected chi connectivity index (χ4v) is 2.99. The van der Waals surface area contributed by atoms with Crippen molar-refractivity contribution in [2.24, 2.45) is 0 Å². The van der Waals surface area contributed by atoms with Gasteiger partial charge in [0.2, 0.25) is 5.91 Å². The minimum atomic E-state index is -4.53. The lowest BCUT2D eigenvalue weighted by molar-refractivity contribution is -0.137. The van der Waals surface area contributed by atoms with Crippen molar-refractivity contribution in [1.82, 2.24) is 0 Å². The highest BCUT2D eigenvalue weighted by molar-refractivity contribution is 6.60. The minimum absolute atomic E-state index is 0.0222. The number of hydrogen-bond acceptors (Lipinski definition) is 3. The van der Waals surface area contributed by atoms with Crippen LogP contribution in [-0.4, -0.2) is 17.7 Å². The smallest absolute Gasteiger partial charge is 0.326 e. The maximum absolute atomic E-state index is 12.7. The van der Waals surface area contributed by atoms with Crippen molar-refractivity contribution in [2.45, 2.75) is 13.1 Å². The van der Waals surface area contributed by atoms with Gasteiger partial charge in [0.25, 0.3) is 11.8 Å². The maximum atomic E-state index is 12.7. The van der Waals surface area contributed by atoms with Crippen LogP contribution in [0.1, 0.15) is 18.1 Å². The second-order valence-electron chi connectivity index (χ2n) is 5.94. The third-order valence-corrected chi connectivity index (χ3v) is 4.32. The summed E-state index contributed by atoms with van der Waals surface area (Å²) in [6, 6.07) is 9.71. The van der Waals surface area contributed by atoms with E-state index in [1.165, 1.54) is 31.2 Å². The summed E-state index contributed by atoms with van der Waals surface area (Å²) in [5.74, 6) is -1.85. The van der Waals surface area contributed by atoms with Crippen LogP contribution in [0.5, 0.6) is 0 Å². The molecule has 0 spiro atoms. The van der Waals surface area contributed by atoms with Gasteiger partial charge in [0.05, 0.1) is 16.8 Å². The van der Waals surface area contributed by atoms with Gasteiger partial charge in [-0.3, -0.25) is 14.4 Å². The first kappa shape index (κ1) is 19.6. The molecule has 0 aliphatic carbocycles. The number of nitrogens with zero attached hydrogens (tertiary/aromatic N) is 1. The van der Waals surface area contributed by atoms with Gasteiger partial charge in [-0.15, -0.1) is 0 Å². The van der Waals surface area contributed by atoms with Crippen LogP contribution in [0, 0.1) is 0 Å². The van der Waals surface area contributed by atoms with E-state index in [4.69, 9.17) is 11.6 Å². The number of rotatable bonds is 3. The second-order valence-corrected chi connectivity index (χ2v) is 6.32. The number of carbonyl (C=O) groups excluding carboxylic acids is 3. The highest BCUT2D eigenvalue weighted by atomic mass is 35.5. The molecule has 0 saturated heterocycles. The lowest BCUT2D eigenvalue weighted by Crippen LogP contribution is -2.31. The first-order valence-electron chi connectivity index (χ1n) is 7.93. The van der Waals surface area contributed by atoms with E-state index in [9.17, 15) is 27.6 Å². The van der Waals surface area contributed by atoms with Crippen molar-refractivity contribution in [3.05, 3.63) is 64.7 Å². The van der Waals surface area contributed by atoms with Crippen LogP contribution in [0.25, 0.3) is 5.57 Å². The standard InChI is InChI=1S/C19H12ClF3N2O3/c1-10(26)24-13-6-2-11(3-7-13)15-16(20)18(28)25(17(15)27)14-8-4-12(5-9-14)19(21,22)23/h2-9H,1H3,(H,24,26). The molecule has 0 bridgehead atoms. The Balaban J connectivity index is 1.91. The van der Waals surface area contributed by atoms with E-state index >= 15 is 0 Å². The Morgan fingerprint density at radius 2 is 1.54 bits per heavy atom. The molecule has 0 aromatic heterocycles. The number of anilines is 2. The maximum Gasteiger partial charge on any atom is 0.416 e. The van der Waals surface area contributed by atoms with Gasteiger partial charge < -0.3 is 5.32 Å². The van der Waals surface area contributed by atoms with Crippen LogP contribution >= 0.6 is 11.6 Å². The van der Waals surface area contributed by atoms with Gasteiger partial charge in [-0.25, -0.2) is 4.90 Å². The van der Waals surface area contributed by atoms with E-state index in [1.54, 1.807) is 0 Å². The fraction of sp³-hybridized carbons (Fsp3) is 0.105. The highest BCUT2D eigenvalue weighted by Crippen LogP contribution is 2.36. The van der Waals surface area contributed by atoms with E-state index in [1.807, 2.05) is 0 Å². The number of amides is 3. The fourth-order valence-electron chi connectivity index (χ4n) is 2.71. The molecule has 9 heteroatoms. The summed E-state index contributed by atoms with van der Waals surface area (Å²) < 4.78 is 38.1. The Hall–Kier alpha value is -3.13. The molecule has 0 unspecified atom stereocenters. The van der Waals surface area contributed by atoms with Crippen molar-refractivity contribution in [1.29, 1.82) is 0 Å². The largest absolute Gasteiger partial charge is 0.416 e. The van der Waals surface area contributed by atoms with Crippen molar-refractivity contribution in [3.8, 4) is 0 Å². The predicted molar refractivity (Wildman–Crippen MR) is 97.5 cm³/mol. The van der Waals surface area contributed by atoms with Crippen molar-refractivity contribution < 1.29 is 27.6 Å². The molecule has 0 fully saturated rings. The zero-order valence-corrected chi connectivity index (χ0v) is 15.1. The van der Waals surface area contributed by atoms with Gasteiger partial charge in [0.1, 0.15) is 5.03 Å². The van der Waals surface area contributed by atoms with E-state index in [0.717, 1.165) is 29.2 Å². The molecular formula is C19H12ClF3N2O3. The Kier molecular flexibility index (Phi) is 4.99. The number of benzene rings is 2. The van der Waals surface area contributed by atoms with Gasteiger partial charge in [0.15, 0.2) is 0 Å². The Labute approximate surface area is 162 Å². The molecule has 144 valence electrons. The summed E-state index contributed by atoms with van der Waals surface area (Å²) in [6.45, 7) is 1.34. The average molecular weight is 409 g/mol. The van der Waals surface area contributed by atoms with Crippen LogP contribution in [0.2, 0.25) is 0 Å². The molecule has 28 heavy (non-hydrogen) atoms. The van der Waals surface area contributed by atoms with Gasteiger partial charge in [-0.2, -0.15) is 13.2 Å². The van der Waals surface area contributed by atoms with Crippen LogP contribution in [0.4, 0.5) is 24.5 Å². The Morgan fingerprint density at radius 3 is 2.04 bits per heavy atom. The zero-order chi connectivity index (χ0) is 20.6. The van der Waals surface area contributed by atoms with Gasteiger partial charge in [-0.05, 0) is 42.0 Å². The summed E-state index contributed by atoms with van der Waals surface area (Å²) in [5.41, 5.74) is -0.161. The van der Waals surface area contributed by atoms with Gasteiger partial charge in [0, 0.05) is 12.6 Å². The van der Waals surface area contributed by atoms with E-state index in [2.05, 4.69) is 5.32 Å². The topological polar surface area (TPSA) is 66.5 Å². The molecular weight excluding hydrogens is 397 g/mol. The molecule has 2 aromatic carbocycles. The molecule has 1 N–H and O–H groups in total. The van der Waals surface area contributed by atoms with Crippen molar-refractivity contribution in [2.75, 3.05) is 10.2 Å². The molecule has 0 atom stereocenters. The summed E-state index contributed by atoms with van der Waals surface area (Å²) in [6.07, 6.45) is -4.53. The van der Waals surface area contributed by atoms with Crippen LogP contribution in [0.15, 0.2) is 53.6 Å². The Morgan fingerprint density at radius 1 is 0.964 bits per heavy atom. The van der Waals surface area contributed by atoms with Gasteiger partial charge >= 0.3 is 6.18 Å². The molecule has 0 saturated carbocycles. The van der Waals surface area contributed by atoms with E-state index < -0.39 is 23.6 Å². The normalized spacial score (nSPS) is 14.7. The average Bonchev–Trinajstić information content (AvgIpc) is 2.84. The van der Waals surface area contributed by atoms with E-state index in [-0.39, 0.29) is 22.2 Å². The van der Waals surface area contributed by atoms with Gasteiger partial charge in [-0.1, -0.05) is 23.7 Å². The molecule has 1 aliphatic heterocycles. The molecule has 1 heterocycles. The number of nitrogens with one attached hydrogen (secondary N) is 1. The third-order valence-electron chi connectivity index (χ3n) is 3.97. The first-order chi connectivity index (χ1) is 13.1. The summed E-state index contributed by atoms with van der Waals surface area (Å²) >= 11 is 6.05. The summed E-state index contributed by atoms with van der Waals surface area (Å²) in [7, 11) is 0.